The van der Waals surface area contributed by atoms with Crippen molar-refractivity contribution in [3.63, 3.8) is 0 Å². The van der Waals surface area contributed by atoms with Crippen LogP contribution < -0.4 is 0 Å². The molecule has 0 aliphatic heterocycles. The molecule has 0 N–H and O–H groups in total. The minimum absolute atomic E-state index is 0.0674. The van der Waals surface area contributed by atoms with Gasteiger partial charge in [0, 0.05) is 5.75 Å². The highest BCUT2D eigenvalue weighted by Crippen LogP contribution is 2.47. The maximum atomic E-state index is 12.2. The molecule has 0 unspecified atom stereocenters. The molecule has 0 saturated heterocycles. The van der Waals surface area contributed by atoms with E-state index in [0.29, 0.717) is 3.53 Å². The molecule has 1 rings (SSSR count). The number of benzene rings is 1. The summed E-state index contributed by atoms with van der Waals surface area (Å²) in [4.78, 5) is 11.8. The van der Waals surface area contributed by atoms with E-state index in [4.69, 9.17) is 26.0 Å². The molecule has 0 atom stereocenters. The Labute approximate surface area is 163 Å². The number of carbonyl (C=O) groups is 1. The number of hydrogen-bond donors (Lipinski definition) is 0. The van der Waals surface area contributed by atoms with Gasteiger partial charge in [0.2, 0.25) is 0 Å². The summed E-state index contributed by atoms with van der Waals surface area (Å²) < 4.78 is 28.0. The molecule has 0 radical (unpaired) electrons. The molecule has 0 spiro atoms. The second-order valence-electron chi connectivity index (χ2n) is 4.90. The molecule has 5 nitrogen and oxygen atoms in total. The first-order valence-electron chi connectivity index (χ1n) is 7.77. The van der Waals surface area contributed by atoms with Crippen molar-refractivity contribution < 1.29 is 23.1 Å². The lowest BCUT2D eigenvalue weighted by Crippen LogP contribution is -2.12. The first-order valence-corrected chi connectivity index (χ1v) is 11.9. The van der Waals surface area contributed by atoms with Crippen LogP contribution in [0.2, 0.25) is 0 Å². The van der Waals surface area contributed by atoms with Crippen LogP contribution in [-0.4, -0.2) is 34.8 Å². The van der Waals surface area contributed by atoms with E-state index in [2.05, 4.69) is 24.3 Å². The van der Waals surface area contributed by atoms with E-state index in [1.807, 2.05) is 6.92 Å². The number of ether oxygens (including phenoxy) is 1. The van der Waals surface area contributed by atoms with E-state index in [-0.39, 0.29) is 25.3 Å². The number of thioether (sulfide) groups is 2. The molecule has 0 saturated carbocycles. The third-order valence-corrected chi connectivity index (χ3v) is 7.31. The van der Waals surface area contributed by atoms with Crippen molar-refractivity contribution in [3.05, 3.63) is 35.4 Å². The highest BCUT2D eigenvalue weighted by molar-refractivity contribution is 8.47. The molecule has 140 valence electrons. The molecule has 0 aliphatic rings. The molecule has 1 aromatic carbocycles. The van der Waals surface area contributed by atoms with Crippen LogP contribution in [0.5, 0.6) is 0 Å². The average molecular weight is 423 g/mol. The average Bonchev–Trinajstić information content (AvgIpc) is 2.58. The first kappa shape index (κ1) is 22.7. The Kier molecular flexibility index (Phi) is 11.0. The molecule has 0 amide bonds. The summed E-state index contributed by atoms with van der Waals surface area (Å²) in [5.41, 5.74) is 2.39. The number of aryl methyl sites for hydroxylation is 1. The Hall–Kier alpha value is -0.370. The van der Waals surface area contributed by atoms with Gasteiger partial charge in [0.15, 0.2) is 6.35 Å². The van der Waals surface area contributed by atoms with Gasteiger partial charge < -0.3 is 13.8 Å². The predicted molar refractivity (Wildman–Crippen MR) is 109 cm³/mol. The summed E-state index contributed by atoms with van der Waals surface area (Å²) in [6.45, 7) is 5.89. The predicted octanol–water partition coefficient (Wildman–Crippen LogP) is 5.01. The van der Waals surface area contributed by atoms with Crippen molar-refractivity contribution in [2.45, 2.75) is 26.5 Å². The molecule has 0 aliphatic carbocycles. The zero-order valence-corrected chi connectivity index (χ0v) is 17.9. The van der Waals surface area contributed by atoms with Crippen molar-refractivity contribution >= 4 is 52.8 Å². The van der Waals surface area contributed by atoms with Crippen LogP contribution in [0.3, 0.4) is 0 Å². The van der Waals surface area contributed by atoms with Gasteiger partial charge in [-0.25, -0.2) is 0 Å². The van der Waals surface area contributed by atoms with Crippen LogP contribution in [0.15, 0.2) is 24.3 Å². The molecule has 9 heteroatoms. The molecule has 1 aromatic rings. The van der Waals surface area contributed by atoms with E-state index in [0.717, 1.165) is 5.75 Å². The van der Waals surface area contributed by atoms with Gasteiger partial charge in [-0.3, -0.25) is 9.36 Å². The fourth-order valence-corrected chi connectivity index (χ4v) is 4.83. The van der Waals surface area contributed by atoms with Gasteiger partial charge >= 0.3 is 13.6 Å². The Morgan fingerprint density at radius 1 is 1.12 bits per heavy atom. The molecule has 0 bridgehead atoms. The van der Waals surface area contributed by atoms with Crippen molar-refractivity contribution in [1.82, 2.24) is 0 Å². The maximum Gasteiger partial charge on any atom is 0.367 e. The van der Waals surface area contributed by atoms with Crippen LogP contribution >= 0.6 is 43.3 Å². The Morgan fingerprint density at radius 2 is 1.72 bits per heavy atom. The zero-order valence-electron chi connectivity index (χ0n) is 14.6. The van der Waals surface area contributed by atoms with Gasteiger partial charge in [-0.15, -0.1) is 11.8 Å². The number of esters is 1. The largest absolute Gasteiger partial charge is 0.452 e. The lowest BCUT2D eigenvalue weighted by atomic mass is 10.2. The fourth-order valence-electron chi connectivity index (χ4n) is 1.68. The minimum atomic E-state index is -3.37. The van der Waals surface area contributed by atoms with E-state index < -0.39 is 13.6 Å². The fraction of sp³-hybridized carbons (Fsp3) is 0.500. The van der Waals surface area contributed by atoms with Gasteiger partial charge in [-0.05, 0) is 26.3 Å². The van der Waals surface area contributed by atoms with Crippen molar-refractivity contribution in [3.8, 4) is 0 Å². The molecule has 0 fully saturated rings. The lowest BCUT2D eigenvalue weighted by molar-refractivity contribution is -0.138. The van der Waals surface area contributed by atoms with Crippen molar-refractivity contribution in [2.24, 2.45) is 0 Å². The van der Waals surface area contributed by atoms with Crippen LogP contribution in [0, 0.1) is 6.92 Å². The molecular weight excluding hydrogens is 399 g/mol. The standard InChI is InChI=1S/C16H23O5PS3/c1-4-20-22(18,21-5-2)12-19-15(17)11-25-16(23)24-10-14-8-6-13(3)7-9-14/h6-9H,4-5,10-12H2,1-3H3. The van der Waals surface area contributed by atoms with Crippen LogP contribution in [0.4, 0.5) is 0 Å². The Bertz CT molecular complexity index is 596. The van der Waals surface area contributed by atoms with Crippen molar-refractivity contribution in [2.75, 3.05) is 25.3 Å². The SMILES string of the molecule is CCOP(=O)(COC(=O)CSC(=S)SCc1ccc(C)cc1)OCC. The third-order valence-electron chi connectivity index (χ3n) is 2.82. The summed E-state index contributed by atoms with van der Waals surface area (Å²) in [6.07, 6.45) is -0.378. The van der Waals surface area contributed by atoms with Gasteiger partial charge in [0.1, 0.15) is 3.53 Å². The minimum Gasteiger partial charge on any atom is -0.452 e. The first-order chi connectivity index (χ1) is 11.9. The maximum absolute atomic E-state index is 12.2. The monoisotopic (exact) mass is 422 g/mol. The smallest absolute Gasteiger partial charge is 0.367 e. The van der Waals surface area contributed by atoms with Gasteiger partial charge in [-0.1, -0.05) is 53.8 Å². The Morgan fingerprint density at radius 3 is 2.28 bits per heavy atom. The lowest BCUT2D eigenvalue weighted by Gasteiger charge is -2.16. The molecular formula is C16H23O5PS3. The van der Waals surface area contributed by atoms with Crippen LogP contribution in [0.1, 0.15) is 25.0 Å². The summed E-state index contributed by atoms with van der Waals surface area (Å²) in [5.74, 6) is 0.325. The number of thiocarbonyl (C=S) groups is 1. The number of rotatable bonds is 10. The zero-order chi connectivity index (χ0) is 18.7. The molecule has 0 heterocycles. The normalized spacial score (nSPS) is 11.3. The van der Waals surface area contributed by atoms with E-state index in [9.17, 15) is 9.36 Å². The van der Waals surface area contributed by atoms with Crippen LogP contribution in [0.25, 0.3) is 0 Å². The summed E-state index contributed by atoms with van der Waals surface area (Å²) in [6, 6.07) is 8.22. The highest BCUT2D eigenvalue weighted by atomic mass is 32.2. The summed E-state index contributed by atoms with van der Waals surface area (Å²) in [5, 5.41) is 0. The molecule has 0 aromatic heterocycles. The topological polar surface area (TPSA) is 61.8 Å². The van der Waals surface area contributed by atoms with Gasteiger partial charge in [-0.2, -0.15) is 0 Å². The van der Waals surface area contributed by atoms with Gasteiger partial charge in [0.25, 0.3) is 0 Å². The van der Waals surface area contributed by atoms with Crippen LogP contribution in [-0.2, 0) is 28.9 Å². The second-order valence-corrected chi connectivity index (χ2v) is 10.1. The quantitative estimate of drug-likeness (QED) is 0.296. The van der Waals surface area contributed by atoms with E-state index in [1.165, 1.54) is 34.7 Å². The Balaban J connectivity index is 2.29. The highest BCUT2D eigenvalue weighted by Gasteiger charge is 2.25. The van der Waals surface area contributed by atoms with E-state index in [1.54, 1.807) is 13.8 Å². The third kappa shape index (κ3) is 9.78. The van der Waals surface area contributed by atoms with Crippen molar-refractivity contribution in [1.29, 1.82) is 0 Å². The second kappa shape index (κ2) is 12.1. The number of hydrogen-bond acceptors (Lipinski definition) is 8. The summed E-state index contributed by atoms with van der Waals surface area (Å²) in [7, 11) is -3.37. The molecule has 25 heavy (non-hydrogen) atoms. The van der Waals surface area contributed by atoms with E-state index >= 15 is 0 Å². The number of carbonyl (C=O) groups excluding carboxylic acids is 1. The van der Waals surface area contributed by atoms with Gasteiger partial charge in [0.05, 0.1) is 19.0 Å². The summed E-state index contributed by atoms with van der Waals surface area (Å²) >= 11 is 7.98.